The molecule has 0 bridgehead atoms. The first-order chi connectivity index (χ1) is 11.2. The van der Waals surface area contributed by atoms with Crippen LogP contribution in [0.4, 0.5) is 0 Å². The molecule has 118 valence electrons. The molecule has 0 spiro atoms. The van der Waals surface area contributed by atoms with Gasteiger partial charge in [0.25, 0.3) is 5.91 Å². The van der Waals surface area contributed by atoms with Crippen molar-refractivity contribution in [3.05, 3.63) is 54.0 Å². The largest absolute Gasteiger partial charge is 0.451 e. The minimum absolute atomic E-state index is 0.0183. The van der Waals surface area contributed by atoms with Gasteiger partial charge in [0.1, 0.15) is 5.58 Å². The second-order valence-electron chi connectivity index (χ2n) is 6.13. The van der Waals surface area contributed by atoms with Crippen molar-refractivity contribution in [1.82, 2.24) is 14.7 Å². The minimum atomic E-state index is -0.0183. The molecule has 5 nitrogen and oxygen atoms in total. The number of amides is 1. The Bertz CT molecular complexity index is 835. The summed E-state index contributed by atoms with van der Waals surface area (Å²) >= 11 is 0. The highest BCUT2D eigenvalue weighted by molar-refractivity contribution is 5.97. The monoisotopic (exact) mass is 309 g/mol. The summed E-state index contributed by atoms with van der Waals surface area (Å²) < 4.78 is 7.73. The summed E-state index contributed by atoms with van der Waals surface area (Å²) in [5.74, 6) is 0.414. The molecular weight excluding hydrogens is 290 g/mol. The Morgan fingerprint density at radius 3 is 3.09 bits per heavy atom. The number of hydrogen-bond donors (Lipinski definition) is 0. The lowest BCUT2D eigenvalue weighted by Crippen LogP contribution is -2.38. The van der Waals surface area contributed by atoms with Crippen molar-refractivity contribution in [2.45, 2.75) is 32.4 Å². The van der Waals surface area contributed by atoms with Gasteiger partial charge in [0.05, 0.1) is 12.6 Å². The van der Waals surface area contributed by atoms with Gasteiger partial charge in [-0.1, -0.05) is 18.2 Å². The number of para-hydroxylation sites is 1. The molecule has 2 aromatic heterocycles. The lowest BCUT2D eigenvalue weighted by molar-refractivity contribution is 0.0691. The molecule has 1 amide bonds. The van der Waals surface area contributed by atoms with Crippen LogP contribution in [-0.2, 0) is 6.54 Å². The van der Waals surface area contributed by atoms with Crippen LogP contribution in [0.5, 0.6) is 0 Å². The number of likely N-dealkylation sites (tertiary alicyclic amines) is 1. The first-order valence-electron chi connectivity index (χ1n) is 8.00. The van der Waals surface area contributed by atoms with E-state index in [1.807, 2.05) is 53.0 Å². The zero-order valence-corrected chi connectivity index (χ0v) is 13.1. The fourth-order valence-electron chi connectivity index (χ4n) is 3.37. The second kappa shape index (κ2) is 5.57. The van der Waals surface area contributed by atoms with E-state index in [9.17, 15) is 4.79 Å². The smallest absolute Gasteiger partial charge is 0.289 e. The van der Waals surface area contributed by atoms with E-state index >= 15 is 0 Å². The molecule has 1 aromatic carbocycles. The maximum atomic E-state index is 12.9. The first-order valence-corrected chi connectivity index (χ1v) is 8.00. The highest BCUT2D eigenvalue weighted by Crippen LogP contribution is 2.26. The zero-order valence-electron chi connectivity index (χ0n) is 13.1. The molecule has 3 heterocycles. The van der Waals surface area contributed by atoms with Crippen molar-refractivity contribution in [1.29, 1.82) is 0 Å². The third kappa shape index (κ3) is 2.52. The van der Waals surface area contributed by atoms with Crippen LogP contribution in [0, 0.1) is 6.92 Å². The molecule has 5 heteroatoms. The van der Waals surface area contributed by atoms with Crippen LogP contribution in [0.2, 0.25) is 0 Å². The van der Waals surface area contributed by atoms with E-state index in [1.165, 1.54) is 0 Å². The summed E-state index contributed by atoms with van der Waals surface area (Å²) in [5.41, 5.74) is 1.86. The molecule has 1 atom stereocenters. The molecule has 4 rings (SSSR count). The van der Waals surface area contributed by atoms with Gasteiger partial charge in [-0.05, 0) is 37.5 Å². The van der Waals surface area contributed by atoms with Crippen LogP contribution < -0.4 is 0 Å². The summed E-state index contributed by atoms with van der Waals surface area (Å²) in [6.45, 7) is 3.51. The van der Waals surface area contributed by atoms with Gasteiger partial charge in [-0.2, -0.15) is 5.10 Å². The highest BCUT2D eigenvalue weighted by atomic mass is 16.3. The number of aryl methyl sites for hydroxylation is 1. The lowest BCUT2D eigenvalue weighted by atomic mass is 10.2. The number of fused-ring (bicyclic) bond motifs is 1. The molecule has 1 fully saturated rings. The summed E-state index contributed by atoms with van der Waals surface area (Å²) in [5, 5.41) is 5.23. The van der Waals surface area contributed by atoms with Gasteiger partial charge in [0.2, 0.25) is 0 Å². The summed E-state index contributed by atoms with van der Waals surface area (Å²) in [7, 11) is 0. The van der Waals surface area contributed by atoms with Crippen LogP contribution in [0.3, 0.4) is 0 Å². The Morgan fingerprint density at radius 2 is 2.30 bits per heavy atom. The van der Waals surface area contributed by atoms with Crippen molar-refractivity contribution in [3.63, 3.8) is 0 Å². The Labute approximate surface area is 134 Å². The molecule has 3 aromatic rings. The van der Waals surface area contributed by atoms with E-state index in [2.05, 4.69) is 5.10 Å². The number of aromatic nitrogens is 2. The second-order valence-corrected chi connectivity index (χ2v) is 6.13. The average molecular weight is 309 g/mol. The quantitative estimate of drug-likeness (QED) is 0.746. The number of furan rings is 1. The van der Waals surface area contributed by atoms with E-state index in [1.54, 1.807) is 6.20 Å². The predicted octanol–water partition coefficient (Wildman–Crippen LogP) is 3.24. The molecule has 0 radical (unpaired) electrons. The van der Waals surface area contributed by atoms with Crippen molar-refractivity contribution in [2.24, 2.45) is 0 Å². The third-order valence-electron chi connectivity index (χ3n) is 4.55. The Kier molecular flexibility index (Phi) is 3.41. The van der Waals surface area contributed by atoms with Gasteiger partial charge < -0.3 is 9.32 Å². The number of hydrogen-bond acceptors (Lipinski definition) is 3. The number of benzene rings is 1. The zero-order chi connectivity index (χ0) is 15.8. The van der Waals surface area contributed by atoms with Crippen LogP contribution in [0.15, 0.2) is 47.1 Å². The highest BCUT2D eigenvalue weighted by Gasteiger charge is 2.31. The van der Waals surface area contributed by atoms with Gasteiger partial charge in [0.15, 0.2) is 5.76 Å². The average Bonchev–Trinajstić information content (AvgIpc) is 3.27. The van der Waals surface area contributed by atoms with Gasteiger partial charge in [-0.3, -0.25) is 9.48 Å². The van der Waals surface area contributed by atoms with Crippen LogP contribution >= 0.6 is 0 Å². The fourth-order valence-corrected chi connectivity index (χ4v) is 3.37. The standard InChI is InChI=1S/C18H19N3O2/c1-13-5-2-6-14-11-16(23-17(13)14)18(22)21-10-3-7-15(21)12-20-9-4-8-19-20/h2,4-6,8-9,11,15H,3,7,10,12H2,1H3. The summed E-state index contributed by atoms with van der Waals surface area (Å²) in [4.78, 5) is 14.8. The van der Waals surface area contributed by atoms with Crippen LogP contribution in [0.1, 0.15) is 29.0 Å². The SMILES string of the molecule is Cc1cccc2cc(C(=O)N3CCCC3Cn3cccn3)oc12. The van der Waals surface area contributed by atoms with E-state index < -0.39 is 0 Å². The van der Waals surface area contributed by atoms with E-state index in [0.29, 0.717) is 5.76 Å². The topological polar surface area (TPSA) is 51.3 Å². The van der Waals surface area contributed by atoms with Gasteiger partial charge in [0, 0.05) is 24.3 Å². The van der Waals surface area contributed by atoms with Crippen molar-refractivity contribution in [2.75, 3.05) is 6.54 Å². The third-order valence-corrected chi connectivity index (χ3v) is 4.55. The van der Waals surface area contributed by atoms with Crippen LogP contribution in [-0.4, -0.2) is 33.2 Å². The molecule has 23 heavy (non-hydrogen) atoms. The van der Waals surface area contributed by atoms with Gasteiger partial charge >= 0.3 is 0 Å². The van der Waals surface area contributed by atoms with Crippen molar-refractivity contribution >= 4 is 16.9 Å². The normalized spacial score (nSPS) is 18.0. The minimum Gasteiger partial charge on any atom is -0.451 e. The fraction of sp³-hybridized carbons (Fsp3) is 0.333. The van der Waals surface area contributed by atoms with E-state index in [0.717, 1.165) is 42.5 Å². The molecule has 0 aliphatic carbocycles. The number of rotatable bonds is 3. The maximum absolute atomic E-state index is 12.9. The Morgan fingerprint density at radius 1 is 1.39 bits per heavy atom. The van der Waals surface area contributed by atoms with Gasteiger partial charge in [-0.25, -0.2) is 0 Å². The lowest BCUT2D eigenvalue weighted by Gasteiger charge is -2.23. The molecular formula is C18H19N3O2. The number of carbonyl (C=O) groups excluding carboxylic acids is 1. The Balaban J connectivity index is 1.60. The molecule has 1 aliphatic heterocycles. The summed E-state index contributed by atoms with van der Waals surface area (Å²) in [6.07, 6.45) is 5.73. The molecule has 1 aliphatic rings. The van der Waals surface area contributed by atoms with Crippen molar-refractivity contribution in [3.8, 4) is 0 Å². The van der Waals surface area contributed by atoms with E-state index in [-0.39, 0.29) is 11.9 Å². The summed E-state index contributed by atoms with van der Waals surface area (Å²) in [6, 6.07) is 9.90. The number of nitrogens with zero attached hydrogens (tertiary/aromatic N) is 3. The number of carbonyl (C=O) groups is 1. The van der Waals surface area contributed by atoms with Gasteiger partial charge in [-0.15, -0.1) is 0 Å². The predicted molar refractivity (Wildman–Crippen MR) is 87.2 cm³/mol. The first kappa shape index (κ1) is 14.1. The van der Waals surface area contributed by atoms with Crippen LogP contribution in [0.25, 0.3) is 11.0 Å². The molecule has 1 saturated heterocycles. The molecule has 1 unspecified atom stereocenters. The maximum Gasteiger partial charge on any atom is 0.289 e. The molecule has 0 N–H and O–H groups in total. The molecule has 0 saturated carbocycles. The van der Waals surface area contributed by atoms with E-state index in [4.69, 9.17) is 4.42 Å². The Hall–Kier alpha value is -2.56. The van der Waals surface area contributed by atoms with Crippen molar-refractivity contribution < 1.29 is 9.21 Å².